The van der Waals surface area contributed by atoms with E-state index in [2.05, 4.69) is 4.90 Å². The molecule has 3 atom stereocenters. The summed E-state index contributed by atoms with van der Waals surface area (Å²) in [7, 11) is 0. The van der Waals surface area contributed by atoms with Gasteiger partial charge in [-0.25, -0.2) is 0 Å². The Labute approximate surface area is 75.1 Å². The lowest BCUT2D eigenvalue weighted by Crippen LogP contribution is -2.47. The Morgan fingerprint density at radius 1 is 0.833 bits per heavy atom. The highest BCUT2D eigenvalue weighted by Crippen LogP contribution is 2.41. The molecule has 1 heteroatoms. The van der Waals surface area contributed by atoms with Gasteiger partial charge in [-0.2, -0.15) is 0 Å². The summed E-state index contributed by atoms with van der Waals surface area (Å²) in [6.45, 7) is 1.42. The van der Waals surface area contributed by atoms with Gasteiger partial charge in [0, 0.05) is 12.1 Å². The van der Waals surface area contributed by atoms with Gasteiger partial charge in [0.25, 0.3) is 0 Å². The van der Waals surface area contributed by atoms with Crippen molar-refractivity contribution >= 4 is 0 Å². The lowest BCUT2D eigenvalue weighted by atomic mass is 9.77. The van der Waals surface area contributed by atoms with Crippen LogP contribution in [0.5, 0.6) is 0 Å². The second-order valence-electron chi connectivity index (χ2n) is 4.96. The monoisotopic (exact) mass is 165 g/mol. The maximum atomic E-state index is 2.83. The Balaban J connectivity index is 1.81. The lowest BCUT2D eigenvalue weighted by molar-refractivity contribution is 0.0507. The summed E-state index contributed by atoms with van der Waals surface area (Å²) in [6.07, 6.45) is 10.6. The maximum absolute atomic E-state index is 2.83. The molecule has 68 valence electrons. The quantitative estimate of drug-likeness (QED) is 0.533. The maximum Gasteiger partial charge on any atom is 0.0101 e. The van der Waals surface area contributed by atoms with Crippen molar-refractivity contribution in [1.29, 1.82) is 0 Å². The van der Waals surface area contributed by atoms with Crippen LogP contribution in [0.2, 0.25) is 0 Å². The lowest BCUT2D eigenvalue weighted by Gasteiger charge is -2.45. The van der Waals surface area contributed by atoms with Crippen molar-refractivity contribution in [3.8, 4) is 0 Å². The summed E-state index contributed by atoms with van der Waals surface area (Å²) in [5, 5.41) is 0. The molecule has 0 N–H and O–H groups in total. The van der Waals surface area contributed by atoms with Crippen LogP contribution in [0.25, 0.3) is 0 Å². The highest BCUT2D eigenvalue weighted by Gasteiger charge is 2.39. The third kappa shape index (κ3) is 1.02. The van der Waals surface area contributed by atoms with E-state index in [1.807, 2.05) is 0 Å². The van der Waals surface area contributed by atoms with E-state index in [9.17, 15) is 0 Å². The Morgan fingerprint density at radius 3 is 2.42 bits per heavy atom. The van der Waals surface area contributed by atoms with E-state index in [-0.39, 0.29) is 0 Å². The topological polar surface area (TPSA) is 3.24 Å². The van der Waals surface area contributed by atoms with Gasteiger partial charge in [-0.1, -0.05) is 12.8 Å². The van der Waals surface area contributed by atoms with Gasteiger partial charge in [0.15, 0.2) is 0 Å². The molecular weight excluding hydrogens is 146 g/mol. The molecule has 12 heavy (non-hydrogen) atoms. The minimum Gasteiger partial charge on any atom is -0.297 e. The van der Waals surface area contributed by atoms with Crippen molar-refractivity contribution in [2.24, 2.45) is 5.92 Å². The van der Waals surface area contributed by atoms with Crippen LogP contribution in [-0.4, -0.2) is 23.5 Å². The Bertz CT molecular complexity index is 178. The molecule has 2 heterocycles. The SMILES string of the molecule is C1CC2CC(C1)N1CCCC1C2. The molecule has 0 radical (unpaired) electrons. The molecule has 1 aliphatic carbocycles. The van der Waals surface area contributed by atoms with E-state index in [4.69, 9.17) is 0 Å². The van der Waals surface area contributed by atoms with Crippen LogP contribution in [0, 0.1) is 5.92 Å². The molecule has 3 aliphatic rings. The number of hydrogen-bond donors (Lipinski definition) is 0. The zero-order valence-corrected chi connectivity index (χ0v) is 7.84. The van der Waals surface area contributed by atoms with E-state index in [1.54, 1.807) is 6.42 Å². The first-order valence-corrected chi connectivity index (χ1v) is 5.69. The molecule has 0 aromatic carbocycles. The van der Waals surface area contributed by atoms with Crippen molar-refractivity contribution in [3.05, 3.63) is 0 Å². The molecule has 0 aromatic rings. The zero-order valence-electron chi connectivity index (χ0n) is 7.84. The molecule has 2 bridgehead atoms. The summed E-state index contributed by atoms with van der Waals surface area (Å²) in [5.41, 5.74) is 0. The van der Waals surface area contributed by atoms with Crippen LogP contribution in [0.3, 0.4) is 0 Å². The van der Waals surface area contributed by atoms with Crippen molar-refractivity contribution in [3.63, 3.8) is 0 Å². The van der Waals surface area contributed by atoms with Crippen LogP contribution in [-0.2, 0) is 0 Å². The minimum absolute atomic E-state index is 1.00. The Kier molecular flexibility index (Phi) is 1.68. The fraction of sp³-hybridized carbons (Fsp3) is 1.00. The molecule has 3 rings (SSSR count). The van der Waals surface area contributed by atoms with Gasteiger partial charge in [0.2, 0.25) is 0 Å². The molecule has 0 aromatic heterocycles. The molecule has 2 saturated heterocycles. The van der Waals surface area contributed by atoms with Crippen molar-refractivity contribution in [2.45, 2.75) is 57.0 Å². The molecule has 3 unspecified atom stereocenters. The van der Waals surface area contributed by atoms with Gasteiger partial charge in [0.1, 0.15) is 0 Å². The predicted octanol–water partition coefficient (Wildman–Crippen LogP) is 2.41. The summed E-state index contributed by atoms with van der Waals surface area (Å²) in [6, 6.07) is 2.01. The van der Waals surface area contributed by atoms with Crippen molar-refractivity contribution < 1.29 is 0 Å². The standard InChI is InChI=1S/C11H19N/c1-3-9-7-10(4-1)12-6-2-5-11(12)8-9/h9-11H,1-8H2. The van der Waals surface area contributed by atoms with Gasteiger partial charge in [-0.15, -0.1) is 0 Å². The molecule has 1 nitrogen and oxygen atoms in total. The zero-order chi connectivity index (χ0) is 7.97. The predicted molar refractivity (Wildman–Crippen MR) is 50.1 cm³/mol. The third-order valence-electron chi connectivity index (χ3n) is 4.25. The molecule has 3 fully saturated rings. The normalized spacial score (nSPS) is 47.5. The number of nitrogens with zero attached hydrogens (tertiary/aromatic N) is 1. The second-order valence-corrected chi connectivity index (χ2v) is 4.96. The van der Waals surface area contributed by atoms with Gasteiger partial charge in [0.05, 0.1) is 0 Å². The van der Waals surface area contributed by atoms with Crippen LogP contribution < -0.4 is 0 Å². The van der Waals surface area contributed by atoms with Crippen LogP contribution in [0.1, 0.15) is 44.9 Å². The highest BCUT2D eigenvalue weighted by molar-refractivity contribution is 4.94. The smallest absolute Gasteiger partial charge is 0.0101 e. The Hall–Kier alpha value is -0.0400. The van der Waals surface area contributed by atoms with E-state index in [1.165, 1.54) is 45.1 Å². The summed E-state index contributed by atoms with van der Waals surface area (Å²) in [4.78, 5) is 2.83. The van der Waals surface area contributed by atoms with E-state index >= 15 is 0 Å². The Morgan fingerprint density at radius 2 is 1.58 bits per heavy atom. The minimum atomic E-state index is 1.00. The van der Waals surface area contributed by atoms with Gasteiger partial charge in [-0.05, 0) is 44.6 Å². The van der Waals surface area contributed by atoms with E-state index in [0.717, 1.165) is 18.0 Å². The van der Waals surface area contributed by atoms with Crippen molar-refractivity contribution in [2.75, 3.05) is 6.54 Å². The number of fused-ring (bicyclic) bond motifs is 4. The van der Waals surface area contributed by atoms with E-state index in [0.29, 0.717) is 0 Å². The fourth-order valence-corrected chi connectivity index (χ4v) is 3.75. The molecule has 1 saturated carbocycles. The van der Waals surface area contributed by atoms with Gasteiger partial charge < -0.3 is 0 Å². The second kappa shape index (κ2) is 2.73. The first-order chi connectivity index (χ1) is 5.93. The fourth-order valence-electron chi connectivity index (χ4n) is 3.75. The van der Waals surface area contributed by atoms with Gasteiger partial charge in [-0.3, -0.25) is 4.90 Å². The molecular formula is C11H19N. The average molecular weight is 165 g/mol. The molecule has 0 amide bonds. The van der Waals surface area contributed by atoms with Gasteiger partial charge >= 0.3 is 0 Å². The summed E-state index contributed by atoms with van der Waals surface area (Å²) < 4.78 is 0. The van der Waals surface area contributed by atoms with Crippen LogP contribution in [0.15, 0.2) is 0 Å². The highest BCUT2D eigenvalue weighted by atomic mass is 15.2. The molecule has 0 spiro atoms. The first-order valence-electron chi connectivity index (χ1n) is 5.69. The van der Waals surface area contributed by atoms with Crippen LogP contribution in [0.4, 0.5) is 0 Å². The number of piperidine rings is 1. The summed E-state index contributed by atoms with van der Waals surface area (Å²) in [5.74, 6) is 1.11. The molecule has 2 aliphatic heterocycles. The average Bonchev–Trinajstić information content (AvgIpc) is 2.53. The van der Waals surface area contributed by atoms with Crippen LogP contribution >= 0.6 is 0 Å². The summed E-state index contributed by atoms with van der Waals surface area (Å²) >= 11 is 0. The van der Waals surface area contributed by atoms with E-state index < -0.39 is 0 Å². The number of rotatable bonds is 0. The largest absolute Gasteiger partial charge is 0.297 e. The third-order valence-corrected chi connectivity index (χ3v) is 4.25. The number of hydrogen-bond acceptors (Lipinski definition) is 1. The van der Waals surface area contributed by atoms with Crippen molar-refractivity contribution in [1.82, 2.24) is 4.90 Å². The first kappa shape index (κ1) is 7.37.